The summed E-state index contributed by atoms with van der Waals surface area (Å²) in [5.41, 5.74) is 6.12. The molecular formula is C12H9ClFNO. The lowest BCUT2D eigenvalue weighted by molar-refractivity contribution is 0.481. The molecule has 0 amide bonds. The zero-order valence-electron chi connectivity index (χ0n) is 8.28. The number of hydrogen-bond donors (Lipinski definition) is 1. The maximum atomic E-state index is 12.7. The predicted octanol–water partition coefficient (Wildman–Crippen LogP) is 3.85. The molecule has 0 aliphatic heterocycles. The van der Waals surface area contributed by atoms with E-state index < -0.39 is 0 Å². The Bertz CT molecular complexity index is 499. The largest absolute Gasteiger partial charge is 0.456 e. The first-order valence-corrected chi connectivity index (χ1v) is 5.01. The lowest BCUT2D eigenvalue weighted by Gasteiger charge is -2.07. The van der Waals surface area contributed by atoms with Gasteiger partial charge in [-0.15, -0.1) is 0 Å². The van der Waals surface area contributed by atoms with Gasteiger partial charge >= 0.3 is 0 Å². The molecule has 0 bridgehead atoms. The predicted molar refractivity (Wildman–Crippen MR) is 62.3 cm³/mol. The molecule has 2 aromatic carbocycles. The van der Waals surface area contributed by atoms with Gasteiger partial charge in [0.25, 0.3) is 0 Å². The highest BCUT2D eigenvalue weighted by Gasteiger charge is 2.03. The number of anilines is 1. The van der Waals surface area contributed by atoms with Gasteiger partial charge in [0.1, 0.15) is 17.3 Å². The van der Waals surface area contributed by atoms with Gasteiger partial charge in [0.15, 0.2) is 0 Å². The summed E-state index contributed by atoms with van der Waals surface area (Å²) in [6.07, 6.45) is 0. The Hall–Kier alpha value is -1.74. The molecule has 0 spiro atoms. The molecule has 2 aromatic rings. The van der Waals surface area contributed by atoms with Crippen molar-refractivity contribution in [2.75, 3.05) is 5.73 Å². The van der Waals surface area contributed by atoms with Crippen molar-refractivity contribution in [3.63, 3.8) is 0 Å². The molecule has 0 aliphatic carbocycles. The summed E-state index contributed by atoms with van der Waals surface area (Å²) in [6.45, 7) is 0. The minimum absolute atomic E-state index is 0.309. The average Bonchev–Trinajstić information content (AvgIpc) is 2.25. The van der Waals surface area contributed by atoms with Gasteiger partial charge in [-0.3, -0.25) is 0 Å². The van der Waals surface area contributed by atoms with Gasteiger partial charge in [-0.05, 0) is 42.5 Å². The first-order chi connectivity index (χ1) is 7.65. The van der Waals surface area contributed by atoms with Crippen LogP contribution in [-0.4, -0.2) is 0 Å². The van der Waals surface area contributed by atoms with E-state index in [0.29, 0.717) is 22.2 Å². The highest BCUT2D eigenvalue weighted by Crippen LogP contribution is 2.30. The molecule has 0 fully saturated rings. The highest BCUT2D eigenvalue weighted by atomic mass is 35.5. The van der Waals surface area contributed by atoms with E-state index in [9.17, 15) is 4.39 Å². The molecule has 0 radical (unpaired) electrons. The first-order valence-electron chi connectivity index (χ1n) is 4.63. The number of hydrogen-bond acceptors (Lipinski definition) is 2. The van der Waals surface area contributed by atoms with Gasteiger partial charge in [0, 0.05) is 5.69 Å². The van der Waals surface area contributed by atoms with Crippen molar-refractivity contribution in [3.05, 3.63) is 53.3 Å². The van der Waals surface area contributed by atoms with Crippen molar-refractivity contribution < 1.29 is 9.13 Å². The van der Waals surface area contributed by atoms with Crippen molar-refractivity contribution in [3.8, 4) is 11.5 Å². The fourth-order valence-corrected chi connectivity index (χ4v) is 1.46. The van der Waals surface area contributed by atoms with E-state index in [1.54, 1.807) is 18.2 Å². The Morgan fingerprint density at radius 2 is 1.75 bits per heavy atom. The molecule has 2 rings (SSSR count). The van der Waals surface area contributed by atoms with Gasteiger partial charge in [0.05, 0.1) is 5.02 Å². The fraction of sp³-hybridized carbons (Fsp3) is 0. The van der Waals surface area contributed by atoms with Crippen LogP contribution in [0.4, 0.5) is 10.1 Å². The number of benzene rings is 2. The van der Waals surface area contributed by atoms with E-state index in [1.807, 2.05) is 0 Å². The molecule has 0 heterocycles. The van der Waals surface area contributed by atoms with Crippen LogP contribution < -0.4 is 10.5 Å². The molecule has 16 heavy (non-hydrogen) atoms. The minimum atomic E-state index is -0.309. The first kappa shape index (κ1) is 10.8. The summed E-state index contributed by atoms with van der Waals surface area (Å²) in [6, 6.07) is 10.7. The van der Waals surface area contributed by atoms with E-state index in [2.05, 4.69) is 0 Å². The van der Waals surface area contributed by atoms with Crippen LogP contribution in [-0.2, 0) is 0 Å². The van der Waals surface area contributed by atoms with Crippen LogP contribution in [0.1, 0.15) is 0 Å². The summed E-state index contributed by atoms with van der Waals surface area (Å²) in [4.78, 5) is 0. The lowest BCUT2D eigenvalue weighted by Crippen LogP contribution is -1.88. The summed E-state index contributed by atoms with van der Waals surface area (Å²) < 4.78 is 18.1. The Balaban J connectivity index is 2.23. The minimum Gasteiger partial charge on any atom is -0.456 e. The van der Waals surface area contributed by atoms with E-state index in [1.165, 1.54) is 24.3 Å². The number of halogens is 2. The summed E-state index contributed by atoms with van der Waals surface area (Å²) >= 11 is 5.93. The highest BCUT2D eigenvalue weighted by molar-refractivity contribution is 6.32. The molecule has 0 saturated heterocycles. The fourth-order valence-electron chi connectivity index (χ4n) is 1.23. The Labute approximate surface area is 97.4 Å². The summed E-state index contributed by atoms with van der Waals surface area (Å²) in [7, 11) is 0. The van der Waals surface area contributed by atoms with E-state index >= 15 is 0 Å². The molecule has 0 atom stereocenters. The van der Waals surface area contributed by atoms with Crippen LogP contribution in [0.25, 0.3) is 0 Å². The van der Waals surface area contributed by atoms with Gasteiger partial charge < -0.3 is 10.5 Å². The van der Waals surface area contributed by atoms with Crippen molar-refractivity contribution in [2.45, 2.75) is 0 Å². The van der Waals surface area contributed by atoms with Crippen LogP contribution in [0.15, 0.2) is 42.5 Å². The molecule has 2 N–H and O–H groups in total. The third kappa shape index (κ3) is 2.44. The van der Waals surface area contributed by atoms with Gasteiger partial charge in [-0.25, -0.2) is 4.39 Å². The zero-order chi connectivity index (χ0) is 11.5. The molecule has 0 unspecified atom stereocenters. The zero-order valence-corrected chi connectivity index (χ0v) is 9.04. The van der Waals surface area contributed by atoms with Gasteiger partial charge in [-0.1, -0.05) is 11.6 Å². The van der Waals surface area contributed by atoms with Crippen molar-refractivity contribution >= 4 is 17.3 Å². The Morgan fingerprint density at radius 3 is 2.38 bits per heavy atom. The quantitative estimate of drug-likeness (QED) is 0.805. The number of nitrogens with two attached hydrogens (primary N) is 1. The van der Waals surface area contributed by atoms with Crippen LogP contribution in [0, 0.1) is 5.82 Å². The molecule has 0 aromatic heterocycles. The van der Waals surface area contributed by atoms with E-state index in [4.69, 9.17) is 22.1 Å². The third-order valence-electron chi connectivity index (χ3n) is 2.00. The van der Waals surface area contributed by atoms with E-state index in [-0.39, 0.29) is 5.82 Å². The van der Waals surface area contributed by atoms with Crippen LogP contribution in [0.3, 0.4) is 0 Å². The standard InChI is InChI=1S/C12H9ClFNO/c13-11-7-9(15)3-6-12(11)16-10-4-1-8(14)2-5-10/h1-7H,15H2. The molecule has 0 saturated carbocycles. The molecule has 4 heteroatoms. The van der Waals surface area contributed by atoms with Crippen LogP contribution in [0.5, 0.6) is 11.5 Å². The number of nitrogen functional groups attached to an aromatic ring is 1. The maximum absolute atomic E-state index is 12.7. The Kier molecular flexibility index (Phi) is 2.97. The Morgan fingerprint density at radius 1 is 1.06 bits per heavy atom. The number of rotatable bonds is 2. The smallest absolute Gasteiger partial charge is 0.146 e. The molecule has 82 valence electrons. The van der Waals surface area contributed by atoms with Gasteiger partial charge in [0.2, 0.25) is 0 Å². The molecule has 2 nitrogen and oxygen atoms in total. The topological polar surface area (TPSA) is 35.2 Å². The SMILES string of the molecule is Nc1ccc(Oc2ccc(F)cc2)c(Cl)c1. The normalized spacial score (nSPS) is 10.1. The average molecular weight is 238 g/mol. The second-order valence-corrected chi connectivity index (χ2v) is 3.65. The van der Waals surface area contributed by atoms with Crippen LogP contribution in [0.2, 0.25) is 5.02 Å². The number of ether oxygens (including phenoxy) is 1. The lowest BCUT2D eigenvalue weighted by atomic mass is 10.3. The molecular weight excluding hydrogens is 229 g/mol. The molecule has 0 aliphatic rings. The second kappa shape index (κ2) is 4.41. The van der Waals surface area contributed by atoms with Crippen molar-refractivity contribution in [2.24, 2.45) is 0 Å². The van der Waals surface area contributed by atoms with Crippen molar-refractivity contribution in [1.82, 2.24) is 0 Å². The van der Waals surface area contributed by atoms with Crippen LogP contribution >= 0.6 is 11.6 Å². The second-order valence-electron chi connectivity index (χ2n) is 3.25. The summed E-state index contributed by atoms with van der Waals surface area (Å²) in [5.74, 6) is 0.700. The maximum Gasteiger partial charge on any atom is 0.146 e. The van der Waals surface area contributed by atoms with Gasteiger partial charge in [-0.2, -0.15) is 0 Å². The van der Waals surface area contributed by atoms with E-state index in [0.717, 1.165) is 0 Å². The third-order valence-corrected chi connectivity index (χ3v) is 2.29. The van der Waals surface area contributed by atoms with Crippen molar-refractivity contribution in [1.29, 1.82) is 0 Å². The monoisotopic (exact) mass is 237 g/mol. The summed E-state index contributed by atoms with van der Waals surface area (Å²) in [5, 5.41) is 0.421.